The lowest BCUT2D eigenvalue weighted by molar-refractivity contribution is -0.145. The van der Waals surface area contributed by atoms with Gasteiger partial charge in [0.1, 0.15) is 5.92 Å². The number of urea groups is 1. The Kier molecular flexibility index (Phi) is 3.35. The molecule has 1 aliphatic rings. The zero-order chi connectivity index (χ0) is 12.5. The van der Waals surface area contributed by atoms with Crippen molar-refractivity contribution in [3.8, 4) is 0 Å². The molecule has 90 valence electrons. The molecule has 0 aromatic carbocycles. The number of rotatable bonds is 3. The predicted octanol–water partition coefficient (Wildman–Crippen LogP) is 1.28. The minimum absolute atomic E-state index is 0.403. The maximum atomic E-state index is 12.0. The van der Waals surface area contributed by atoms with Crippen LogP contribution in [-0.2, 0) is 9.59 Å². The van der Waals surface area contributed by atoms with Crippen molar-refractivity contribution in [2.75, 3.05) is 0 Å². The van der Waals surface area contributed by atoms with Crippen molar-refractivity contribution in [1.82, 2.24) is 10.2 Å². The quantitative estimate of drug-likeness (QED) is 0.737. The number of nitrogens with one attached hydrogen (secondary N) is 1. The molecule has 1 atom stereocenters. The van der Waals surface area contributed by atoms with E-state index in [4.69, 9.17) is 0 Å². The van der Waals surface area contributed by atoms with Crippen molar-refractivity contribution in [3.05, 3.63) is 0 Å². The summed E-state index contributed by atoms with van der Waals surface area (Å²) >= 11 is 0. The normalized spacial score (nSPS) is 22.4. The van der Waals surface area contributed by atoms with E-state index < -0.39 is 29.3 Å². The van der Waals surface area contributed by atoms with Crippen molar-refractivity contribution < 1.29 is 14.4 Å². The van der Waals surface area contributed by atoms with Crippen LogP contribution < -0.4 is 5.32 Å². The van der Waals surface area contributed by atoms with Crippen molar-refractivity contribution in [1.29, 1.82) is 0 Å². The Balaban J connectivity index is 3.08. The van der Waals surface area contributed by atoms with Crippen LogP contribution in [0.1, 0.15) is 40.5 Å². The fraction of sp³-hybridized carbons (Fsp3) is 0.727. The second-order valence-electron chi connectivity index (χ2n) is 4.39. The van der Waals surface area contributed by atoms with Crippen molar-refractivity contribution in [3.63, 3.8) is 0 Å². The largest absolute Gasteiger partial charge is 0.331 e. The fourth-order valence-electron chi connectivity index (χ4n) is 1.75. The van der Waals surface area contributed by atoms with Gasteiger partial charge in [-0.1, -0.05) is 13.8 Å². The number of hydrogen-bond donors (Lipinski definition) is 1. The van der Waals surface area contributed by atoms with Crippen molar-refractivity contribution >= 4 is 17.8 Å². The average molecular weight is 226 g/mol. The SMILES string of the molecule is CCC(C)(CC)N1C(=O)NC(=O)C(C)C1=O. The molecule has 5 heteroatoms. The van der Waals surface area contributed by atoms with Crippen LogP contribution >= 0.6 is 0 Å². The van der Waals surface area contributed by atoms with E-state index in [1.54, 1.807) is 0 Å². The van der Waals surface area contributed by atoms with Crippen LogP contribution in [0.25, 0.3) is 0 Å². The highest BCUT2D eigenvalue weighted by atomic mass is 16.2. The molecule has 1 heterocycles. The number of imide groups is 2. The van der Waals surface area contributed by atoms with Crippen molar-refractivity contribution in [2.45, 2.75) is 46.1 Å². The minimum Gasteiger partial charge on any atom is -0.277 e. The second kappa shape index (κ2) is 4.23. The molecule has 1 saturated heterocycles. The third-order valence-corrected chi connectivity index (χ3v) is 3.48. The molecule has 0 aromatic heterocycles. The summed E-state index contributed by atoms with van der Waals surface area (Å²) in [5, 5.41) is 2.21. The first kappa shape index (κ1) is 12.7. The lowest BCUT2D eigenvalue weighted by Gasteiger charge is -2.41. The molecule has 0 saturated carbocycles. The molecule has 1 aliphatic heterocycles. The lowest BCUT2D eigenvalue weighted by Crippen LogP contribution is -2.64. The van der Waals surface area contributed by atoms with E-state index in [-0.39, 0.29) is 0 Å². The van der Waals surface area contributed by atoms with Crippen LogP contribution in [0.5, 0.6) is 0 Å². The zero-order valence-corrected chi connectivity index (χ0v) is 10.2. The Labute approximate surface area is 95.2 Å². The number of nitrogens with zero attached hydrogens (tertiary/aromatic N) is 1. The summed E-state index contributed by atoms with van der Waals surface area (Å²) < 4.78 is 0. The first-order valence-electron chi connectivity index (χ1n) is 5.56. The van der Waals surface area contributed by atoms with E-state index in [9.17, 15) is 14.4 Å². The molecular weight excluding hydrogens is 208 g/mol. The molecule has 1 rings (SSSR count). The molecule has 1 N–H and O–H groups in total. The molecule has 4 amide bonds. The summed E-state index contributed by atoms with van der Waals surface area (Å²) in [7, 11) is 0. The molecule has 5 nitrogen and oxygen atoms in total. The highest BCUT2D eigenvalue weighted by Crippen LogP contribution is 2.27. The summed E-state index contributed by atoms with van der Waals surface area (Å²) in [6, 6.07) is -0.598. The van der Waals surface area contributed by atoms with Gasteiger partial charge in [0.15, 0.2) is 0 Å². The molecule has 0 aromatic rings. The van der Waals surface area contributed by atoms with E-state index in [0.717, 1.165) is 0 Å². The van der Waals surface area contributed by atoms with E-state index >= 15 is 0 Å². The van der Waals surface area contributed by atoms with Gasteiger partial charge in [-0.05, 0) is 26.7 Å². The van der Waals surface area contributed by atoms with Crippen LogP contribution in [0, 0.1) is 5.92 Å². The topological polar surface area (TPSA) is 66.5 Å². The van der Waals surface area contributed by atoms with Gasteiger partial charge in [0.25, 0.3) is 0 Å². The molecule has 0 aliphatic carbocycles. The maximum absolute atomic E-state index is 12.0. The van der Waals surface area contributed by atoms with E-state index in [0.29, 0.717) is 12.8 Å². The molecule has 0 spiro atoms. The molecule has 0 bridgehead atoms. The van der Waals surface area contributed by atoms with Crippen LogP contribution in [0.4, 0.5) is 4.79 Å². The van der Waals surface area contributed by atoms with Crippen molar-refractivity contribution in [2.24, 2.45) is 5.92 Å². The van der Waals surface area contributed by atoms with Crippen LogP contribution in [0.15, 0.2) is 0 Å². The first-order chi connectivity index (χ1) is 7.37. The van der Waals surface area contributed by atoms with Crippen LogP contribution in [-0.4, -0.2) is 28.3 Å². The smallest absolute Gasteiger partial charge is 0.277 e. The summed E-state index contributed by atoms with van der Waals surface area (Å²) in [6.45, 7) is 7.21. The van der Waals surface area contributed by atoms with Gasteiger partial charge in [-0.2, -0.15) is 0 Å². The minimum atomic E-state index is -0.782. The molecule has 0 radical (unpaired) electrons. The highest BCUT2D eigenvalue weighted by molar-refractivity contribution is 6.16. The molecule has 16 heavy (non-hydrogen) atoms. The number of hydrogen-bond acceptors (Lipinski definition) is 3. The molecule has 1 fully saturated rings. The lowest BCUT2D eigenvalue weighted by atomic mass is 9.91. The van der Waals surface area contributed by atoms with E-state index in [1.807, 2.05) is 20.8 Å². The van der Waals surface area contributed by atoms with Gasteiger partial charge in [-0.25, -0.2) is 4.79 Å². The van der Waals surface area contributed by atoms with Gasteiger partial charge in [0.05, 0.1) is 0 Å². The Morgan fingerprint density at radius 2 is 1.75 bits per heavy atom. The van der Waals surface area contributed by atoms with E-state index in [2.05, 4.69) is 5.32 Å². The van der Waals surface area contributed by atoms with Crippen LogP contribution in [0.2, 0.25) is 0 Å². The monoisotopic (exact) mass is 226 g/mol. The number of amides is 4. The summed E-state index contributed by atoms with van der Waals surface area (Å²) in [6.07, 6.45) is 1.34. The standard InChI is InChI=1S/C11H18N2O3/c1-5-11(4,6-2)13-9(15)7(3)8(14)12-10(13)16/h7H,5-6H2,1-4H3,(H,12,14,16). The third-order valence-electron chi connectivity index (χ3n) is 3.48. The van der Waals surface area contributed by atoms with Gasteiger partial charge in [-0.3, -0.25) is 19.8 Å². The molecular formula is C11H18N2O3. The fourth-order valence-corrected chi connectivity index (χ4v) is 1.75. The van der Waals surface area contributed by atoms with E-state index in [1.165, 1.54) is 11.8 Å². The van der Waals surface area contributed by atoms with Gasteiger partial charge >= 0.3 is 6.03 Å². The van der Waals surface area contributed by atoms with Gasteiger partial charge < -0.3 is 0 Å². The van der Waals surface area contributed by atoms with Gasteiger partial charge in [-0.15, -0.1) is 0 Å². The average Bonchev–Trinajstić information content (AvgIpc) is 2.25. The summed E-state index contributed by atoms with van der Waals surface area (Å²) in [5.74, 6) is -1.70. The third kappa shape index (κ3) is 1.81. The second-order valence-corrected chi connectivity index (χ2v) is 4.39. The number of barbiturate groups is 1. The number of carbonyl (C=O) groups is 3. The summed E-state index contributed by atoms with van der Waals surface area (Å²) in [4.78, 5) is 36.1. The Hall–Kier alpha value is -1.39. The Morgan fingerprint density at radius 3 is 2.19 bits per heavy atom. The zero-order valence-electron chi connectivity index (χ0n) is 10.2. The molecule has 1 unspecified atom stereocenters. The first-order valence-corrected chi connectivity index (χ1v) is 5.56. The highest BCUT2D eigenvalue weighted by Gasteiger charge is 2.45. The van der Waals surface area contributed by atoms with Gasteiger partial charge in [0, 0.05) is 5.54 Å². The predicted molar refractivity (Wildman–Crippen MR) is 58.5 cm³/mol. The van der Waals surface area contributed by atoms with Gasteiger partial charge in [0.2, 0.25) is 11.8 Å². The maximum Gasteiger partial charge on any atom is 0.331 e. The Morgan fingerprint density at radius 1 is 1.25 bits per heavy atom. The summed E-state index contributed by atoms with van der Waals surface area (Å²) in [5.41, 5.74) is -0.518. The number of carbonyl (C=O) groups excluding carboxylic acids is 3. The van der Waals surface area contributed by atoms with Crippen LogP contribution in [0.3, 0.4) is 0 Å². The Bertz CT molecular complexity index is 334.